The van der Waals surface area contributed by atoms with E-state index in [-0.39, 0.29) is 29.0 Å². The van der Waals surface area contributed by atoms with Crippen LogP contribution in [-0.2, 0) is 11.8 Å². The van der Waals surface area contributed by atoms with E-state index in [0.29, 0.717) is 27.3 Å². The number of carbonyl (C=O) groups is 3. The zero-order chi connectivity index (χ0) is 21.4. The molecule has 0 saturated heterocycles. The number of aromatic nitrogens is 3. The van der Waals surface area contributed by atoms with Crippen LogP contribution in [0.3, 0.4) is 0 Å². The van der Waals surface area contributed by atoms with E-state index in [9.17, 15) is 14.4 Å². The minimum atomic E-state index is -0.383. The molecule has 152 valence electrons. The van der Waals surface area contributed by atoms with Crippen LogP contribution in [-0.4, -0.2) is 50.2 Å². The topological polar surface area (TPSA) is 97.2 Å². The number of imide groups is 1. The van der Waals surface area contributed by atoms with Crippen molar-refractivity contribution in [3.8, 4) is 11.4 Å². The minimum absolute atomic E-state index is 0.0956. The van der Waals surface area contributed by atoms with Gasteiger partial charge in [0.15, 0.2) is 11.0 Å². The van der Waals surface area contributed by atoms with E-state index in [1.54, 1.807) is 29.8 Å². The molecule has 1 aliphatic rings. The smallest absolute Gasteiger partial charge is 0.261 e. The van der Waals surface area contributed by atoms with Gasteiger partial charge in [0.1, 0.15) is 0 Å². The van der Waals surface area contributed by atoms with Crippen LogP contribution in [0.2, 0.25) is 5.02 Å². The van der Waals surface area contributed by atoms with Crippen molar-refractivity contribution in [2.45, 2.75) is 5.16 Å². The van der Waals surface area contributed by atoms with Crippen molar-refractivity contribution in [1.29, 1.82) is 0 Å². The van der Waals surface area contributed by atoms with E-state index >= 15 is 0 Å². The number of halogens is 1. The van der Waals surface area contributed by atoms with E-state index in [2.05, 4.69) is 15.5 Å². The number of benzene rings is 2. The summed E-state index contributed by atoms with van der Waals surface area (Å²) < 4.78 is 1.77. The Bertz CT molecular complexity index is 1190. The van der Waals surface area contributed by atoms with Crippen molar-refractivity contribution < 1.29 is 14.4 Å². The Labute approximate surface area is 181 Å². The summed E-state index contributed by atoms with van der Waals surface area (Å²) in [6.07, 6.45) is 0. The Morgan fingerprint density at radius 1 is 1.03 bits per heavy atom. The van der Waals surface area contributed by atoms with E-state index < -0.39 is 0 Å². The van der Waals surface area contributed by atoms with E-state index in [1.165, 1.54) is 24.9 Å². The number of rotatable bonds is 5. The van der Waals surface area contributed by atoms with Crippen LogP contribution in [0.5, 0.6) is 0 Å². The molecule has 3 aromatic rings. The molecular weight excluding hydrogens is 426 g/mol. The first-order valence-electron chi connectivity index (χ1n) is 8.90. The molecule has 0 unspecified atom stereocenters. The van der Waals surface area contributed by atoms with Gasteiger partial charge in [-0.2, -0.15) is 0 Å². The van der Waals surface area contributed by atoms with Crippen LogP contribution in [0.25, 0.3) is 11.4 Å². The van der Waals surface area contributed by atoms with Crippen molar-refractivity contribution in [2.75, 3.05) is 18.1 Å². The SMILES string of the molecule is CN1C(=O)c2ccc(NC(=O)CSc3nnc(-c4ccccc4Cl)n3C)cc2C1=O. The van der Waals surface area contributed by atoms with E-state index in [1.807, 2.05) is 18.2 Å². The Morgan fingerprint density at radius 2 is 1.77 bits per heavy atom. The predicted octanol–water partition coefficient (Wildman–Crippen LogP) is 3.09. The summed E-state index contributed by atoms with van der Waals surface area (Å²) in [7, 11) is 3.23. The lowest BCUT2D eigenvalue weighted by molar-refractivity contribution is -0.113. The zero-order valence-corrected chi connectivity index (χ0v) is 17.6. The molecule has 4 rings (SSSR count). The zero-order valence-electron chi connectivity index (χ0n) is 16.0. The van der Waals surface area contributed by atoms with Gasteiger partial charge in [-0.1, -0.05) is 35.5 Å². The highest BCUT2D eigenvalue weighted by Gasteiger charge is 2.32. The maximum atomic E-state index is 12.4. The third-order valence-electron chi connectivity index (χ3n) is 4.66. The fourth-order valence-electron chi connectivity index (χ4n) is 3.08. The van der Waals surface area contributed by atoms with Gasteiger partial charge < -0.3 is 9.88 Å². The summed E-state index contributed by atoms with van der Waals surface area (Å²) in [5, 5.41) is 12.2. The summed E-state index contributed by atoms with van der Waals surface area (Å²) in [5.41, 5.74) is 1.82. The molecule has 8 nitrogen and oxygen atoms in total. The number of anilines is 1. The van der Waals surface area contributed by atoms with Gasteiger partial charge in [0.2, 0.25) is 5.91 Å². The largest absolute Gasteiger partial charge is 0.325 e. The molecule has 10 heteroatoms. The Balaban J connectivity index is 1.43. The van der Waals surface area contributed by atoms with E-state index in [0.717, 1.165) is 10.5 Å². The molecule has 0 aliphatic carbocycles. The number of nitrogens with zero attached hydrogens (tertiary/aromatic N) is 4. The molecule has 0 fully saturated rings. The molecule has 3 amide bonds. The highest BCUT2D eigenvalue weighted by molar-refractivity contribution is 7.99. The van der Waals surface area contributed by atoms with Gasteiger partial charge in [0.25, 0.3) is 11.8 Å². The number of nitrogens with one attached hydrogen (secondary N) is 1. The Morgan fingerprint density at radius 3 is 2.53 bits per heavy atom. The van der Waals surface area contributed by atoms with Gasteiger partial charge in [-0.25, -0.2) is 0 Å². The third-order valence-corrected chi connectivity index (χ3v) is 6.01. The quantitative estimate of drug-likeness (QED) is 0.482. The average molecular weight is 442 g/mol. The number of hydrogen-bond acceptors (Lipinski definition) is 6. The van der Waals surface area contributed by atoms with Crippen molar-refractivity contribution in [3.63, 3.8) is 0 Å². The second-order valence-electron chi connectivity index (χ2n) is 6.61. The van der Waals surface area contributed by atoms with Crippen LogP contribution >= 0.6 is 23.4 Å². The van der Waals surface area contributed by atoms with Crippen LogP contribution in [0, 0.1) is 0 Å². The number of fused-ring (bicyclic) bond motifs is 1. The molecule has 0 saturated carbocycles. The lowest BCUT2D eigenvalue weighted by atomic mass is 10.1. The Kier molecular flexibility index (Phi) is 5.31. The van der Waals surface area contributed by atoms with Crippen LogP contribution in [0.1, 0.15) is 20.7 Å². The van der Waals surface area contributed by atoms with Gasteiger partial charge in [-0.05, 0) is 30.3 Å². The molecule has 0 spiro atoms. The molecule has 0 bridgehead atoms. The van der Waals surface area contributed by atoms with Gasteiger partial charge in [-0.15, -0.1) is 10.2 Å². The lowest BCUT2D eigenvalue weighted by Gasteiger charge is -2.07. The number of amides is 3. The number of carbonyl (C=O) groups excluding carboxylic acids is 3. The first-order chi connectivity index (χ1) is 14.4. The maximum Gasteiger partial charge on any atom is 0.261 e. The summed E-state index contributed by atoms with van der Waals surface area (Å²) in [6.45, 7) is 0. The second kappa shape index (κ2) is 7.92. The van der Waals surface area contributed by atoms with Crippen molar-refractivity contribution in [2.24, 2.45) is 7.05 Å². The second-order valence-corrected chi connectivity index (χ2v) is 7.96. The number of hydrogen-bond donors (Lipinski definition) is 1. The van der Waals surface area contributed by atoms with Gasteiger partial charge in [-0.3, -0.25) is 19.3 Å². The molecule has 1 N–H and O–H groups in total. The average Bonchev–Trinajstić information content (AvgIpc) is 3.20. The normalized spacial score (nSPS) is 13.0. The molecule has 0 radical (unpaired) electrons. The maximum absolute atomic E-state index is 12.4. The molecule has 2 aromatic carbocycles. The van der Waals surface area contributed by atoms with Crippen molar-refractivity contribution in [3.05, 3.63) is 58.6 Å². The first-order valence-corrected chi connectivity index (χ1v) is 10.3. The third kappa shape index (κ3) is 3.57. The van der Waals surface area contributed by atoms with Crippen molar-refractivity contribution >= 4 is 46.8 Å². The summed E-state index contributed by atoms with van der Waals surface area (Å²) in [4.78, 5) is 37.5. The highest BCUT2D eigenvalue weighted by Crippen LogP contribution is 2.28. The van der Waals surface area contributed by atoms with Crippen LogP contribution in [0.4, 0.5) is 5.69 Å². The standard InChI is InChI=1S/C20H16ClN5O3S/c1-25-17(13-5-3-4-6-15(13)21)23-24-20(25)30-10-16(27)22-11-7-8-12-14(9-11)19(29)26(2)18(12)28/h3-9H,10H2,1-2H3,(H,22,27). The monoisotopic (exact) mass is 441 g/mol. The van der Waals surface area contributed by atoms with Gasteiger partial charge in [0.05, 0.1) is 21.9 Å². The fraction of sp³-hybridized carbons (Fsp3) is 0.150. The minimum Gasteiger partial charge on any atom is -0.325 e. The molecule has 30 heavy (non-hydrogen) atoms. The number of thioether (sulfide) groups is 1. The van der Waals surface area contributed by atoms with Gasteiger partial charge in [0, 0.05) is 25.3 Å². The Hall–Kier alpha value is -3.17. The molecule has 2 heterocycles. The molecule has 0 atom stereocenters. The van der Waals surface area contributed by atoms with Crippen molar-refractivity contribution in [1.82, 2.24) is 19.7 Å². The van der Waals surface area contributed by atoms with E-state index in [4.69, 9.17) is 11.6 Å². The predicted molar refractivity (Wildman–Crippen MR) is 114 cm³/mol. The molecule has 1 aromatic heterocycles. The highest BCUT2D eigenvalue weighted by atomic mass is 35.5. The molecule has 1 aliphatic heterocycles. The van der Waals surface area contributed by atoms with Crippen LogP contribution in [0.15, 0.2) is 47.6 Å². The van der Waals surface area contributed by atoms with Crippen LogP contribution < -0.4 is 5.32 Å². The van der Waals surface area contributed by atoms with Gasteiger partial charge >= 0.3 is 0 Å². The summed E-state index contributed by atoms with van der Waals surface area (Å²) in [6, 6.07) is 12.0. The summed E-state index contributed by atoms with van der Waals surface area (Å²) >= 11 is 7.45. The fourth-order valence-corrected chi connectivity index (χ4v) is 4.02. The first kappa shape index (κ1) is 20.1. The summed E-state index contributed by atoms with van der Waals surface area (Å²) in [5.74, 6) is -0.299. The lowest BCUT2D eigenvalue weighted by Crippen LogP contribution is -2.24. The molecular formula is C20H16ClN5O3S.